The van der Waals surface area contributed by atoms with E-state index in [1.54, 1.807) is 35.6 Å². The van der Waals surface area contributed by atoms with Gasteiger partial charge in [-0.05, 0) is 56.9 Å². The Morgan fingerprint density at radius 2 is 2.00 bits per heavy atom. The van der Waals surface area contributed by atoms with Crippen molar-refractivity contribution in [3.05, 3.63) is 51.1 Å². The van der Waals surface area contributed by atoms with Crippen LogP contribution in [0.15, 0.2) is 50.5 Å². The van der Waals surface area contributed by atoms with E-state index in [0.717, 1.165) is 5.56 Å². The Labute approximate surface area is 119 Å². The molecular formula is C12H12BrNO2S2. The lowest BCUT2D eigenvalue weighted by molar-refractivity contribution is 0.581. The average molecular weight is 346 g/mol. The number of rotatable bonds is 5. The van der Waals surface area contributed by atoms with E-state index in [0.29, 0.717) is 17.4 Å². The second kappa shape index (κ2) is 5.97. The number of thiophene rings is 1. The molecule has 0 unspecified atom stereocenters. The first-order chi connectivity index (χ1) is 8.59. The monoisotopic (exact) mass is 345 g/mol. The number of sulfonamides is 1. The maximum atomic E-state index is 12.0. The lowest BCUT2D eigenvalue weighted by Crippen LogP contribution is -2.26. The minimum absolute atomic E-state index is 0.273. The van der Waals surface area contributed by atoms with Crippen molar-refractivity contribution < 1.29 is 8.42 Å². The number of benzene rings is 1. The molecule has 1 aromatic carbocycles. The van der Waals surface area contributed by atoms with Crippen molar-refractivity contribution in [3.63, 3.8) is 0 Å². The highest BCUT2D eigenvalue weighted by Gasteiger charge is 2.16. The zero-order valence-electron chi connectivity index (χ0n) is 9.47. The highest BCUT2D eigenvalue weighted by atomic mass is 79.9. The molecule has 0 aliphatic rings. The molecular weight excluding hydrogens is 334 g/mol. The summed E-state index contributed by atoms with van der Waals surface area (Å²) in [5.74, 6) is 0. The number of hydrogen-bond acceptors (Lipinski definition) is 3. The Morgan fingerprint density at radius 1 is 1.22 bits per heavy atom. The third-order valence-corrected chi connectivity index (χ3v) is 5.62. The van der Waals surface area contributed by atoms with Gasteiger partial charge < -0.3 is 0 Å². The summed E-state index contributed by atoms with van der Waals surface area (Å²) in [6, 6.07) is 8.79. The molecule has 0 fully saturated rings. The quantitative estimate of drug-likeness (QED) is 0.905. The normalized spacial score (nSPS) is 11.6. The van der Waals surface area contributed by atoms with Gasteiger partial charge in [0.2, 0.25) is 10.0 Å². The van der Waals surface area contributed by atoms with Gasteiger partial charge in [0.25, 0.3) is 0 Å². The predicted molar refractivity (Wildman–Crippen MR) is 77.4 cm³/mol. The molecule has 0 spiro atoms. The lowest BCUT2D eigenvalue weighted by atomic mass is 10.2. The molecule has 6 heteroatoms. The van der Waals surface area contributed by atoms with Crippen molar-refractivity contribution in [2.45, 2.75) is 11.3 Å². The van der Waals surface area contributed by atoms with Crippen LogP contribution in [0.3, 0.4) is 0 Å². The van der Waals surface area contributed by atoms with Gasteiger partial charge in [0.1, 0.15) is 0 Å². The molecule has 0 aliphatic heterocycles. The first kappa shape index (κ1) is 13.7. The molecule has 0 amide bonds. The van der Waals surface area contributed by atoms with Crippen molar-refractivity contribution in [3.8, 4) is 0 Å². The van der Waals surface area contributed by atoms with Crippen molar-refractivity contribution in [2.75, 3.05) is 6.54 Å². The van der Waals surface area contributed by atoms with Gasteiger partial charge in [-0.15, -0.1) is 0 Å². The molecule has 0 saturated carbocycles. The van der Waals surface area contributed by atoms with Gasteiger partial charge >= 0.3 is 0 Å². The van der Waals surface area contributed by atoms with Crippen LogP contribution < -0.4 is 4.72 Å². The maximum absolute atomic E-state index is 12.0. The van der Waals surface area contributed by atoms with Crippen molar-refractivity contribution in [2.24, 2.45) is 0 Å². The maximum Gasteiger partial charge on any atom is 0.241 e. The minimum Gasteiger partial charge on any atom is -0.211 e. The Morgan fingerprint density at radius 3 is 2.67 bits per heavy atom. The van der Waals surface area contributed by atoms with Crippen molar-refractivity contribution in [1.82, 2.24) is 4.72 Å². The van der Waals surface area contributed by atoms with Crippen LogP contribution in [0.2, 0.25) is 0 Å². The molecule has 2 rings (SSSR count). The van der Waals surface area contributed by atoms with Crippen LogP contribution in [0.1, 0.15) is 5.56 Å². The molecule has 0 aliphatic carbocycles. The third kappa shape index (κ3) is 3.41. The molecule has 3 nitrogen and oxygen atoms in total. The van der Waals surface area contributed by atoms with Crippen molar-refractivity contribution in [1.29, 1.82) is 0 Å². The average Bonchev–Trinajstić information content (AvgIpc) is 2.82. The number of hydrogen-bond donors (Lipinski definition) is 1. The van der Waals surface area contributed by atoms with E-state index in [2.05, 4.69) is 20.7 Å². The van der Waals surface area contributed by atoms with E-state index in [-0.39, 0.29) is 4.90 Å². The minimum atomic E-state index is -3.44. The van der Waals surface area contributed by atoms with E-state index >= 15 is 0 Å². The number of nitrogens with one attached hydrogen (secondary N) is 1. The van der Waals surface area contributed by atoms with Gasteiger partial charge in [0.15, 0.2) is 0 Å². The molecule has 0 radical (unpaired) electrons. The highest BCUT2D eigenvalue weighted by Crippen LogP contribution is 2.20. The van der Waals surface area contributed by atoms with E-state index < -0.39 is 10.0 Å². The smallest absolute Gasteiger partial charge is 0.211 e. The van der Waals surface area contributed by atoms with Crippen LogP contribution in [0.5, 0.6) is 0 Å². The molecule has 0 bridgehead atoms. The summed E-state index contributed by atoms with van der Waals surface area (Å²) in [5.41, 5.74) is 1.15. The van der Waals surface area contributed by atoms with Crippen LogP contribution in [-0.4, -0.2) is 15.0 Å². The second-order valence-electron chi connectivity index (χ2n) is 3.71. The Balaban J connectivity index is 2.02. The second-order valence-corrected chi connectivity index (χ2v) is 7.08. The standard InChI is InChI=1S/C12H12BrNO2S2/c13-11-3-1-2-4-12(11)18(15,16)14-7-5-10-6-8-17-9-10/h1-4,6,8-9,14H,5,7H2. The third-order valence-electron chi connectivity index (χ3n) is 2.41. The summed E-state index contributed by atoms with van der Waals surface area (Å²) in [5, 5.41) is 4.00. The van der Waals surface area contributed by atoms with E-state index in [1.165, 1.54) is 0 Å². The fourth-order valence-electron chi connectivity index (χ4n) is 1.51. The first-order valence-electron chi connectivity index (χ1n) is 5.35. The summed E-state index contributed by atoms with van der Waals surface area (Å²) >= 11 is 4.86. The van der Waals surface area contributed by atoms with Crippen LogP contribution in [0, 0.1) is 0 Å². The summed E-state index contributed by atoms with van der Waals surface area (Å²) in [6.07, 6.45) is 0.702. The Kier molecular flexibility index (Phi) is 4.55. The van der Waals surface area contributed by atoms with Crippen LogP contribution >= 0.6 is 27.3 Å². The van der Waals surface area contributed by atoms with Crippen LogP contribution in [-0.2, 0) is 16.4 Å². The van der Waals surface area contributed by atoms with Gasteiger partial charge in [-0.3, -0.25) is 0 Å². The van der Waals surface area contributed by atoms with Gasteiger partial charge in [-0.2, -0.15) is 11.3 Å². The van der Waals surface area contributed by atoms with Crippen LogP contribution in [0.4, 0.5) is 0 Å². The lowest BCUT2D eigenvalue weighted by Gasteiger charge is -2.07. The zero-order valence-corrected chi connectivity index (χ0v) is 12.7. The molecule has 0 saturated heterocycles. The highest BCUT2D eigenvalue weighted by molar-refractivity contribution is 9.10. The van der Waals surface area contributed by atoms with Crippen LogP contribution in [0.25, 0.3) is 0 Å². The van der Waals surface area contributed by atoms with Gasteiger partial charge in [-0.25, -0.2) is 13.1 Å². The summed E-state index contributed by atoms with van der Waals surface area (Å²) in [7, 11) is -3.44. The van der Waals surface area contributed by atoms with Gasteiger partial charge in [0.05, 0.1) is 4.90 Å². The molecule has 1 aromatic heterocycles. The van der Waals surface area contributed by atoms with E-state index in [4.69, 9.17) is 0 Å². The van der Waals surface area contributed by atoms with Gasteiger partial charge in [0, 0.05) is 11.0 Å². The topological polar surface area (TPSA) is 46.2 Å². The van der Waals surface area contributed by atoms with Crippen molar-refractivity contribution >= 4 is 37.3 Å². The predicted octanol–water partition coefficient (Wildman–Crippen LogP) is 3.03. The first-order valence-corrected chi connectivity index (χ1v) is 8.57. The van der Waals surface area contributed by atoms with Gasteiger partial charge in [-0.1, -0.05) is 12.1 Å². The molecule has 2 aromatic rings. The summed E-state index contributed by atoms with van der Waals surface area (Å²) in [4.78, 5) is 0.273. The largest absolute Gasteiger partial charge is 0.241 e. The molecule has 18 heavy (non-hydrogen) atoms. The summed E-state index contributed by atoms with van der Waals surface area (Å²) < 4.78 is 27.3. The fourth-order valence-corrected chi connectivity index (χ4v) is 4.24. The molecule has 96 valence electrons. The molecule has 1 heterocycles. The zero-order chi connectivity index (χ0) is 13.0. The SMILES string of the molecule is O=S(=O)(NCCc1ccsc1)c1ccccc1Br. The summed E-state index contributed by atoms with van der Waals surface area (Å²) in [6.45, 7) is 0.403. The number of halogens is 1. The van der Waals surface area contributed by atoms with E-state index in [9.17, 15) is 8.42 Å². The van der Waals surface area contributed by atoms with E-state index in [1.807, 2.05) is 16.8 Å². The fraction of sp³-hybridized carbons (Fsp3) is 0.167. The molecule has 1 N–H and O–H groups in total. The Bertz CT molecular complexity index is 609. The Hall–Kier alpha value is -0.690. The molecule has 0 atom stereocenters.